The van der Waals surface area contributed by atoms with Gasteiger partial charge in [-0.3, -0.25) is 52.7 Å². The van der Waals surface area contributed by atoms with Crippen molar-refractivity contribution in [2.75, 3.05) is 53.0 Å². The zero-order valence-corrected chi connectivity index (χ0v) is 50.3. The van der Waals surface area contributed by atoms with Crippen molar-refractivity contribution < 1.29 is 62.6 Å². The molecule has 22 N–H and O–H groups in total. The zero-order valence-electron chi connectivity index (χ0n) is 50.3. The number of amides is 11. The van der Waals surface area contributed by atoms with Crippen LogP contribution in [0.15, 0.2) is 30.3 Å². The third-order valence-corrected chi connectivity index (χ3v) is 14.2. The second kappa shape index (κ2) is 40.4. The number of benzene rings is 1. The Morgan fingerprint density at radius 3 is 1.59 bits per heavy atom. The zero-order chi connectivity index (χ0) is 63.6. The molecule has 29 nitrogen and oxygen atoms in total. The summed E-state index contributed by atoms with van der Waals surface area (Å²) in [6, 6.07) is -5.70. The molecule has 12 atom stereocenters. The van der Waals surface area contributed by atoms with Crippen LogP contribution in [0.1, 0.15) is 117 Å². The molecular formula is C56H98N16O13. The molecule has 1 aliphatic heterocycles. The van der Waals surface area contributed by atoms with E-state index in [9.17, 15) is 57.8 Å². The Morgan fingerprint density at radius 2 is 1.08 bits per heavy atom. The summed E-state index contributed by atoms with van der Waals surface area (Å²) in [5, 5.41) is 39.3. The molecule has 1 saturated heterocycles. The highest BCUT2D eigenvalue weighted by Gasteiger charge is 2.37. The minimum Gasteiger partial charge on any atom is -0.391 e. The van der Waals surface area contributed by atoms with E-state index in [-0.39, 0.29) is 90.0 Å². The van der Waals surface area contributed by atoms with Crippen molar-refractivity contribution in [1.29, 1.82) is 0 Å². The molecule has 1 heterocycles. The van der Waals surface area contributed by atoms with E-state index < -0.39 is 151 Å². The van der Waals surface area contributed by atoms with Gasteiger partial charge in [0.15, 0.2) is 0 Å². The van der Waals surface area contributed by atoms with Crippen molar-refractivity contribution in [3.05, 3.63) is 35.9 Å². The van der Waals surface area contributed by atoms with Crippen LogP contribution in [0, 0.1) is 11.8 Å². The van der Waals surface area contributed by atoms with Crippen LogP contribution in [0.2, 0.25) is 0 Å². The maximum Gasteiger partial charge on any atom is 0.245 e. The highest BCUT2D eigenvalue weighted by Crippen LogP contribution is 2.14. The van der Waals surface area contributed by atoms with E-state index in [2.05, 4.69) is 72.3 Å². The van der Waals surface area contributed by atoms with Gasteiger partial charge in [0.05, 0.1) is 12.7 Å². The fourth-order valence-corrected chi connectivity index (χ4v) is 9.10. The number of rotatable bonds is 30. The van der Waals surface area contributed by atoms with Crippen molar-refractivity contribution in [2.45, 2.75) is 185 Å². The first-order chi connectivity index (χ1) is 40.5. The molecule has 1 fully saturated rings. The highest BCUT2D eigenvalue weighted by molar-refractivity contribution is 5.99. The molecule has 85 heavy (non-hydrogen) atoms. The van der Waals surface area contributed by atoms with Crippen LogP contribution in [0.5, 0.6) is 0 Å². The first-order valence-corrected chi connectivity index (χ1v) is 29.5. The van der Waals surface area contributed by atoms with Crippen LogP contribution >= 0.6 is 0 Å². The number of carbonyl (C=O) groups is 11. The molecule has 1 aromatic rings. The lowest BCUT2D eigenvalue weighted by Crippen LogP contribution is -2.62. The second-order valence-electron chi connectivity index (χ2n) is 21.8. The van der Waals surface area contributed by atoms with Gasteiger partial charge in [-0.1, -0.05) is 77.3 Å². The molecule has 0 radical (unpaired) electrons. The minimum absolute atomic E-state index is 0.00998. The quantitative estimate of drug-likeness (QED) is 0.0321. The van der Waals surface area contributed by atoms with Gasteiger partial charge in [0.25, 0.3) is 0 Å². The summed E-state index contributed by atoms with van der Waals surface area (Å²) in [4.78, 5) is 154. The molecule has 11 amide bonds. The van der Waals surface area contributed by atoms with E-state index in [1.807, 2.05) is 0 Å². The van der Waals surface area contributed by atoms with E-state index in [0.717, 1.165) is 19.3 Å². The van der Waals surface area contributed by atoms with Crippen LogP contribution < -0.4 is 87.2 Å². The fraction of sp³-hybridized carbons (Fsp3) is 0.696. The third-order valence-electron chi connectivity index (χ3n) is 14.2. The summed E-state index contributed by atoms with van der Waals surface area (Å²) < 4.78 is 5.24. The number of nitrogens with two attached hydrogens (primary N) is 5. The minimum atomic E-state index is -1.69. The maximum atomic E-state index is 14.6. The molecule has 0 bridgehead atoms. The van der Waals surface area contributed by atoms with Gasteiger partial charge in [-0.05, 0) is 108 Å². The lowest BCUT2D eigenvalue weighted by atomic mass is 10.00. The van der Waals surface area contributed by atoms with Crippen LogP contribution in [-0.2, 0) is 63.9 Å². The molecule has 2 rings (SSSR count). The first kappa shape index (κ1) is 74.2. The Kier molecular flexibility index (Phi) is 35.3. The van der Waals surface area contributed by atoms with E-state index in [1.165, 1.54) is 14.0 Å². The third kappa shape index (κ3) is 27.4. The van der Waals surface area contributed by atoms with E-state index >= 15 is 0 Å². The molecule has 1 aliphatic rings. The molecule has 29 heteroatoms. The van der Waals surface area contributed by atoms with Crippen LogP contribution in [0.4, 0.5) is 0 Å². The van der Waals surface area contributed by atoms with Gasteiger partial charge in [0, 0.05) is 26.5 Å². The number of nitrogens with one attached hydrogen (secondary N) is 11. The lowest BCUT2D eigenvalue weighted by molar-refractivity contribution is -0.137. The monoisotopic (exact) mass is 1200 g/mol. The van der Waals surface area contributed by atoms with Gasteiger partial charge in [-0.15, -0.1) is 0 Å². The average molecular weight is 1200 g/mol. The first-order valence-electron chi connectivity index (χ1n) is 29.5. The Balaban J connectivity index is 2.67. The number of hydrogen-bond donors (Lipinski definition) is 17. The molecule has 0 spiro atoms. The van der Waals surface area contributed by atoms with Crippen LogP contribution in [-0.4, -0.2) is 190 Å². The summed E-state index contributed by atoms with van der Waals surface area (Å²) in [6.45, 7) is 7.60. The number of hydrogen-bond acceptors (Lipinski definition) is 18. The van der Waals surface area contributed by atoms with Crippen molar-refractivity contribution >= 4 is 65.0 Å². The summed E-state index contributed by atoms with van der Waals surface area (Å²) >= 11 is 0. The van der Waals surface area contributed by atoms with E-state index in [0.29, 0.717) is 17.9 Å². The van der Waals surface area contributed by atoms with Gasteiger partial charge in [-0.2, -0.15) is 0 Å². The molecule has 480 valence electrons. The summed E-state index contributed by atoms with van der Waals surface area (Å²) in [5.74, 6) is -9.03. The lowest BCUT2D eigenvalue weighted by Gasteiger charge is -2.29. The molecule has 0 aliphatic carbocycles. The smallest absolute Gasteiger partial charge is 0.245 e. The SMILES string of the molecule is CC[C@H](C)CCCCC(=O)N[C@@H](CCN)C(=O)N[C@H](C(=O)N[C@@H](CCN)C(=O)N[C@H]1CCNC(=O)[C@H](COC)NC(=O)[C@H](CCN)NC(=O)[C@H](CCN)NC(=O)[C@H](CC(C)C)NC(=O)[C@@H](Cc2ccccc2)NC(=O)[C@H](CCN)NC1=O)[C@@H](C)O. The predicted octanol–water partition coefficient (Wildman–Crippen LogP) is -4.98. The van der Waals surface area contributed by atoms with E-state index in [4.69, 9.17) is 33.4 Å². The number of unbranched alkanes of at least 4 members (excludes halogenated alkanes) is 1. The highest BCUT2D eigenvalue weighted by atomic mass is 16.5. The Labute approximate surface area is 498 Å². The molecule has 1 aromatic carbocycles. The summed E-state index contributed by atoms with van der Waals surface area (Å²) in [6.07, 6.45) is 0.738. The Hall–Kier alpha value is -6.89. The second-order valence-corrected chi connectivity index (χ2v) is 21.8. The number of carbonyl (C=O) groups excluding carboxylic acids is 11. The van der Waals surface area contributed by atoms with Crippen molar-refractivity contribution in [3.63, 3.8) is 0 Å². The molecule has 0 saturated carbocycles. The topological polar surface area (TPSA) is 480 Å². The summed E-state index contributed by atoms with van der Waals surface area (Å²) in [7, 11) is 1.26. The van der Waals surface area contributed by atoms with Gasteiger partial charge in [0.1, 0.15) is 60.4 Å². The Morgan fingerprint density at radius 1 is 0.588 bits per heavy atom. The average Bonchev–Trinajstić information content (AvgIpc) is 3.67. The normalized spacial score (nSPS) is 22.5. The standard InChI is InChI=1S/C56H98N16O13/c1-7-33(4)13-11-12-16-45(74)63-36(17-23-57)53(81)72-46(34(5)73)56(84)68-40(21-27-61)49(77)67-41-22-28-62-47(75)44(31-85-6)71-51(79)39(20-26-60)64-48(76)37(18-24-58)66-54(82)42(29-32(2)3)69-55(83)43(30-35-14-9-8-10-15-35)70-50(78)38(19-25-59)65-52(41)80/h8-10,14-15,32-34,36-44,46,73H,7,11-13,16-31,57-61H2,1-6H3,(H,62,75)(H,63,74)(H,64,76)(H,65,80)(H,66,82)(H,67,77)(H,68,84)(H,69,83)(H,70,78)(H,71,79)(H,72,81)/t33-,34+,36-,37-,38-,39-,40-,41-,42-,43+,44-,46-/m0/s1. The molecule has 0 aromatic heterocycles. The predicted molar refractivity (Wildman–Crippen MR) is 316 cm³/mol. The van der Waals surface area contributed by atoms with Gasteiger partial charge in [0.2, 0.25) is 65.0 Å². The van der Waals surface area contributed by atoms with Crippen molar-refractivity contribution in [2.24, 2.45) is 40.5 Å². The van der Waals surface area contributed by atoms with Crippen LogP contribution in [0.25, 0.3) is 0 Å². The molecule has 0 unspecified atom stereocenters. The largest absolute Gasteiger partial charge is 0.391 e. The molecular weight excluding hydrogens is 1100 g/mol. The Bertz CT molecular complexity index is 2300. The van der Waals surface area contributed by atoms with Gasteiger partial charge < -0.3 is 97.0 Å². The fourth-order valence-electron chi connectivity index (χ4n) is 9.10. The number of aliphatic hydroxyl groups is 1. The van der Waals surface area contributed by atoms with Gasteiger partial charge in [-0.25, -0.2) is 0 Å². The number of aliphatic hydroxyl groups excluding tert-OH is 1. The van der Waals surface area contributed by atoms with E-state index in [1.54, 1.807) is 44.2 Å². The van der Waals surface area contributed by atoms with Crippen molar-refractivity contribution in [3.8, 4) is 0 Å². The number of methoxy groups -OCH3 is 1. The maximum absolute atomic E-state index is 14.6. The van der Waals surface area contributed by atoms with Crippen LogP contribution in [0.3, 0.4) is 0 Å². The summed E-state index contributed by atoms with van der Waals surface area (Å²) in [5.41, 5.74) is 30.0. The van der Waals surface area contributed by atoms with Gasteiger partial charge >= 0.3 is 0 Å². The number of ether oxygens (including phenoxy) is 1. The van der Waals surface area contributed by atoms with Crippen molar-refractivity contribution in [1.82, 2.24) is 58.5 Å².